The first kappa shape index (κ1) is 11.2. The Kier molecular flexibility index (Phi) is 3.99. The minimum absolute atomic E-state index is 0.609. The van der Waals surface area contributed by atoms with Gasteiger partial charge in [-0.2, -0.15) is 4.98 Å². The second-order valence-electron chi connectivity index (χ2n) is 3.90. The van der Waals surface area contributed by atoms with Gasteiger partial charge in [0.05, 0.1) is 13.2 Å². The summed E-state index contributed by atoms with van der Waals surface area (Å²) >= 11 is 0. The Bertz CT molecular complexity index is 325. The van der Waals surface area contributed by atoms with Gasteiger partial charge in [0, 0.05) is 25.1 Å². The number of nitrogens with zero attached hydrogens (tertiary/aromatic N) is 1. The van der Waals surface area contributed by atoms with Crippen molar-refractivity contribution in [3.05, 3.63) is 18.2 Å². The Hall–Kier alpha value is -1.29. The van der Waals surface area contributed by atoms with Gasteiger partial charge < -0.3 is 14.8 Å². The van der Waals surface area contributed by atoms with E-state index in [4.69, 9.17) is 9.47 Å². The van der Waals surface area contributed by atoms with Crippen LogP contribution in [0.25, 0.3) is 0 Å². The van der Waals surface area contributed by atoms with Crippen LogP contribution in [0.2, 0.25) is 0 Å². The van der Waals surface area contributed by atoms with Crippen LogP contribution in [0.4, 0.5) is 5.82 Å². The zero-order chi connectivity index (χ0) is 11.2. The lowest BCUT2D eigenvalue weighted by Crippen LogP contribution is -2.14. The van der Waals surface area contributed by atoms with Crippen LogP contribution < -0.4 is 10.1 Å². The van der Waals surface area contributed by atoms with Gasteiger partial charge >= 0.3 is 0 Å². The van der Waals surface area contributed by atoms with Gasteiger partial charge in [-0.05, 0) is 19.4 Å². The molecule has 1 aliphatic rings. The van der Waals surface area contributed by atoms with Gasteiger partial charge in [0.25, 0.3) is 0 Å². The van der Waals surface area contributed by atoms with Crippen LogP contribution in [0, 0.1) is 5.92 Å². The predicted molar refractivity (Wildman–Crippen MR) is 62.8 cm³/mol. The van der Waals surface area contributed by atoms with E-state index < -0.39 is 0 Å². The summed E-state index contributed by atoms with van der Waals surface area (Å²) in [6.07, 6.45) is 1.14. The highest BCUT2D eigenvalue weighted by Crippen LogP contribution is 2.15. The normalized spacial score (nSPS) is 19.7. The Balaban J connectivity index is 1.85. The molecule has 0 bridgehead atoms. The standard InChI is InChI=1S/C12H18N2O2/c1-2-16-12-5-3-4-11(14-12)13-8-10-6-7-15-9-10/h3-5,10H,2,6-9H2,1H3,(H,13,14). The maximum absolute atomic E-state index is 5.34. The number of hydrogen-bond donors (Lipinski definition) is 1. The van der Waals surface area contributed by atoms with Gasteiger partial charge in [0.15, 0.2) is 0 Å². The van der Waals surface area contributed by atoms with E-state index in [-0.39, 0.29) is 0 Å². The molecular formula is C12H18N2O2. The number of hydrogen-bond acceptors (Lipinski definition) is 4. The molecule has 1 aromatic heterocycles. The summed E-state index contributed by atoms with van der Waals surface area (Å²) in [6.45, 7) is 5.27. The van der Waals surface area contributed by atoms with Crippen LogP contribution in [-0.2, 0) is 4.74 Å². The monoisotopic (exact) mass is 222 g/mol. The number of pyridine rings is 1. The van der Waals surface area contributed by atoms with Crippen LogP contribution in [0.1, 0.15) is 13.3 Å². The first-order chi connectivity index (χ1) is 7.88. The molecule has 4 nitrogen and oxygen atoms in total. The van der Waals surface area contributed by atoms with Gasteiger partial charge in [0.1, 0.15) is 5.82 Å². The molecule has 0 aliphatic carbocycles. The summed E-state index contributed by atoms with van der Waals surface area (Å²) in [4.78, 5) is 4.35. The van der Waals surface area contributed by atoms with Crippen molar-refractivity contribution >= 4 is 5.82 Å². The molecular weight excluding hydrogens is 204 g/mol. The largest absolute Gasteiger partial charge is 0.478 e. The fourth-order valence-corrected chi connectivity index (χ4v) is 1.73. The van der Waals surface area contributed by atoms with Crippen LogP contribution in [0.15, 0.2) is 18.2 Å². The minimum atomic E-state index is 0.609. The molecule has 0 amide bonds. The van der Waals surface area contributed by atoms with Crippen molar-refractivity contribution in [2.75, 3.05) is 31.7 Å². The maximum Gasteiger partial charge on any atom is 0.215 e. The number of rotatable bonds is 5. The topological polar surface area (TPSA) is 43.4 Å². The van der Waals surface area contributed by atoms with Gasteiger partial charge in [-0.15, -0.1) is 0 Å². The minimum Gasteiger partial charge on any atom is -0.478 e. The molecule has 1 aliphatic heterocycles. The van der Waals surface area contributed by atoms with E-state index in [1.165, 1.54) is 0 Å². The summed E-state index contributed by atoms with van der Waals surface area (Å²) in [5.41, 5.74) is 0. The highest BCUT2D eigenvalue weighted by molar-refractivity contribution is 5.37. The van der Waals surface area contributed by atoms with Crippen LogP contribution in [0.3, 0.4) is 0 Å². The number of anilines is 1. The Morgan fingerprint density at radius 3 is 3.25 bits per heavy atom. The molecule has 1 unspecified atom stereocenters. The molecule has 2 rings (SSSR count). The molecule has 1 saturated heterocycles. The highest BCUT2D eigenvalue weighted by atomic mass is 16.5. The average Bonchev–Trinajstić information content (AvgIpc) is 2.80. The Morgan fingerprint density at radius 2 is 2.50 bits per heavy atom. The zero-order valence-electron chi connectivity index (χ0n) is 9.61. The molecule has 88 valence electrons. The van der Waals surface area contributed by atoms with E-state index >= 15 is 0 Å². The summed E-state index contributed by atoms with van der Waals surface area (Å²) in [5, 5.41) is 3.31. The molecule has 1 atom stereocenters. The Morgan fingerprint density at radius 1 is 1.56 bits per heavy atom. The van der Waals surface area contributed by atoms with Crippen molar-refractivity contribution in [3.63, 3.8) is 0 Å². The number of nitrogens with one attached hydrogen (secondary N) is 1. The summed E-state index contributed by atoms with van der Waals surface area (Å²) < 4.78 is 10.7. The first-order valence-electron chi connectivity index (χ1n) is 5.80. The smallest absolute Gasteiger partial charge is 0.215 e. The summed E-state index contributed by atoms with van der Waals surface area (Å²) in [7, 11) is 0. The molecule has 0 aromatic carbocycles. The number of aromatic nitrogens is 1. The molecule has 2 heterocycles. The van der Waals surface area contributed by atoms with E-state index in [0.29, 0.717) is 18.4 Å². The van der Waals surface area contributed by atoms with Gasteiger partial charge in [0.2, 0.25) is 5.88 Å². The van der Waals surface area contributed by atoms with E-state index in [9.17, 15) is 0 Å². The molecule has 16 heavy (non-hydrogen) atoms. The lowest BCUT2D eigenvalue weighted by molar-refractivity contribution is 0.187. The molecule has 0 radical (unpaired) electrons. The average molecular weight is 222 g/mol. The van der Waals surface area contributed by atoms with Crippen molar-refractivity contribution in [1.29, 1.82) is 0 Å². The quantitative estimate of drug-likeness (QED) is 0.826. The lowest BCUT2D eigenvalue weighted by atomic mass is 10.1. The van der Waals surface area contributed by atoms with Gasteiger partial charge in [-0.25, -0.2) is 0 Å². The second kappa shape index (κ2) is 5.70. The molecule has 1 aromatic rings. The predicted octanol–water partition coefficient (Wildman–Crippen LogP) is 1.93. The summed E-state index contributed by atoms with van der Waals surface area (Å²) in [5.74, 6) is 2.16. The van der Waals surface area contributed by atoms with Crippen molar-refractivity contribution in [2.24, 2.45) is 5.92 Å². The third-order valence-corrected chi connectivity index (χ3v) is 2.61. The Labute approximate surface area is 96.0 Å². The second-order valence-corrected chi connectivity index (χ2v) is 3.90. The third kappa shape index (κ3) is 3.10. The number of ether oxygens (including phenoxy) is 2. The van der Waals surface area contributed by atoms with E-state index in [2.05, 4.69) is 10.3 Å². The fourth-order valence-electron chi connectivity index (χ4n) is 1.73. The van der Waals surface area contributed by atoms with Crippen molar-refractivity contribution in [2.45, 2.75) is 13.3 Å². The van der Waals surface area contributed by atoms with Crippen LogP contribution in [-0.4, -0.2) is 31.3 Å². The van der Waals surface area contributed by atoms with E-state index in [0.717, 1.165) is 32.0 Å². The first-order valence-corrected chi connectivity index (χ1v) is 5.80. The van der Waals surface area contributed by atoms with E-state index in [1.807, 2.05) is 25.1 Å². The summed E-state index contributed by atoms with van der Waals surface area (Å²) in [6, 6.07) is 5.77. The lowest BCUT2D eigenvalue weighted by Gasteiger charge is -2.10. The highest BCUT2D eigenvalue weighted by Gasteiger charge is 2.15. The molecule has 1 N–H and O–H groups in total. The van der Waals surface area contributed by atoms with Gasteiger partial charge in [-0.3, -0.25) is 0 Å². The fraction of sp³-hybridized carbons (Fsp3) is 0.583. The molecule has 1 fully saturated rings. The van der Waals surface area contributed by atoms with Crippen molar-refractivity contribution < 1.29 is 9.47 Å². The molecule has 4 heteroatoms. The molecule has 0 saturated carbocycles. The third-order valence-electron chi connectivity index (χ3n) is 2.61. The SMILES string of the molecule is CCOc1cccc(NCC2CCOC2)n1. The van der Waals surface area contributed by atoms with Gasteiger partial charge in [-0.1, -0.05) is 6.07 Å². The zero-order valence-corrected chi connectivity index (χ0v) is 9.61. The van der Waals surface area contributed by atoms with E-state index in [1.54, 1.807) is 0 Å². The van der Waals surface area contributed by atoms with Crippen molar-refractivity contribution in [1.82, 2.24) is 4.98 Å². The van der Waals surface area contributed by atoms with Crippen LogP contribution in [0.5, 0.6) is 5.88 Å². The maximum atomic E-state index is 5.34. The molecule has 0 spiro atoms. The van der Waals surface area contributed by atoms with Crippen molar-refractivity contribution in [3.8, 4) is 5.88 Å². The van der Waals surface area contributed by atoms with Crippen LogP contribution >= 0.6 is 0 Å².